The minimum absolute atomic E-state index is 0.467. The summed E-state index contributed by atoms with van der Waals surface area (Å²) in [5.41, 5.74) is 2.21. The van der Waals surface area contributed by atoms with Crippen molar-refractivity contribution >= 4 is 57.3 Å². The Bertz CT molecular complexity index is 822. The molecule has 2 aromatic rings. The topological polar surface area (TPSA) is 24.9 Å². The van der Waals surface area contributed by atoms with Gasteiger partial charge in [0.1, 0.15) is 0 Å². The van der Waals surface area contributed by atoms with Crippen LogP contribution in [0, 0.1) is 5.92 Å². The third-order valence-corrected chi connectivity index (χ3v) is 8.14. The molecule has 32 heavy (non-hydrogen) atoms. The number of thiocarbonyl (C=S) groups is 1. The molecular formula is C27H42N2S3. The van der Waals surface area contributed by atoms with Crippen LogP contribution >= 0.6 is 35.7 Å². The number of thioether (sulfide) groups is 2. The van der Waals surface area contributed by atoms with Gasteiger partial charge in [0.2, 0.25) is 0 Å². The van der Waals surface area contributed by atoms with Crippen LogP contribution in [0.25, 0.3) is 10.9 Å². The minimum atomic E-state index is 0.467. The highest BCUT2D eigenvalue weighted by Gasteiger charge is 2.18. The molecule has 0 fully saturated rings. The smallest absolute Gasteiger partial charge is 0.0859 e. The molecular weight excluding hydrogens is 449 g/mol. The summed E-state index contributed by atoms with van der Waals surface area (Å²) in [4.78, 5) is 8.18. The van der Waals surface area contributed by atoms with Crippen molar-refractivity contribution in [1.29, 1.82) is 0 Å². The zero-order chi connectivity index (χ0) is 23.2. The lowest BCUT2D eigenvalue weighted by molar-refractivity contribution is 0.491. The molecule has 178 valence electrons. The van der Waals surface area contributed by atoms with E-state index in [1.54, 1.807) is 23.5 Å². The molecule has 0 saturated carbocycles. The second-order valence-corrected chi connectivity index (χ2v) is 10.8. The highest BCUT2D eigenvalue weighted by Crippen LogP contribution is 2.38. The molecule has 2 rings (SSSR count). The van der Waals surface area contributed by atoms with Gasteiger partial charge in [0.25, 0.3) is 0 Å². The van der Waals surface area contributed by atoms with Crippen molar-refractivity contribution in [1.82, 2.24) is 4.98 Å². The second kappa shape index (κ2) is 16.0. The number of pyridine rings is 1. The summed E-state index contributed by atoms with van der Waals surface area (Å²) in [5, 5.41) is 4.90. The maximum absolute atomic E-state index is 6.04. The average Bonchev–Trinajstić information content (AvgIpc) is 2.82. The number of unbranched alkanes of at least 4 members (excludes halogenated alkanes) is 8. The quantitative estimate of drug-likeness (QED) is 0.143. The summed E-state index contributed by atoms with van der Waals surface area (Å²) in [6, 6.07) is 6.47. The fourth-order valence-corrected chi connectivity index (χ4v) is 5.87. The maximum atomic E-state index is 6.04. The highest BCUT2D eigenvalue weighted by atomic mass is 32.2. The largest absolute Gasteiger partial charge is 0.348 e. The molecule has 0 radical (unpaired) electrons. The Labute approximate surface area is 210 Å². The highest BCUT2D eigenvalue weighted by molar-refractivity contribution is 7.99. The van der Waals surface area contributed by atoms with E-state index in [0.29, 0.717) is 5.92 Å². The van der Waals surface area contributed by atoms with E-state index in [1.807, 2.05) is 12.3 Å². The van der Waals surface area contributed by atoms with Gasteiger partial charge in [-0.2, -0.15) is 0 Å². The molecule has 0 aliphatic carbocycles. The SMILES string of the molecule is CCCCCCCCC(CCCCCC)C(=S)Nc1c(SC)cc(SC)c2ncccc12. The first kappa shape index (κ1) is 27.5. The molecule has 1 unspecified atom stereocenters. The molecule has 2 nitrogen and oxygen atoms in total. The van der Waals surface area contributed by atoms with Gasteiger partial charge in [0.15, 0.2) is 0 Å². The van der Waals surface area contributed by atoms with E-state index in [-0.39, 0.29) is 0 Å². The van der Waals surface area contributed by atoms with E-state index < -0.39 is 0 Å². The van der Waals surface area contributed by atoms with E-state index in [1.165, 1.54) is 92.2 Å². The zero-order valence-corrected chi connectivity index (χ0v) is 23.0. The molecule has 1 heterocycles. The summed E-state index contributed by atoms with van der Waals surface area (Å²) >= 11 is 9.58. The number of aromatic nitrogens is 1. The van der Waals surface area contributed by atoms with Gasteiger partial charge in [-0.1, -0.05) is 90.3 Å². The van der Waals surface area contributed by atoms with Crippen molar-refractivity contribution in [3.63, 3.8) is 0 Å². The molecule has 0 aliphatic heterocycles. The fourth-order valence-electron chi connectivity index (χ4n) is 4.26. The summed E-state index contributed by atoms with van der Waals surface area (Å²) in [5.74, 6) is 0.467. The molecule has 1 atom stereocenters. The number of benzene rings is 1. The Morgan fingerprint density at radius 2 is 1.50 bits per heavy atom. The van der Waals surface area contributed by atoms with Gasteiger partial charge in [-0.15, -0.1) is 23.5 Å². The van der Waals surface area contributed by atoms with Crippen LogP contribution in [0.2, 0.25) is 0 Å². The van der Waals surface area contributed by atoms with Gasteiger partial charge in [-0.25, -0.2) is 0 Å². The molecule has 0 saturated heterocycles. The number of hydrogen-bond acceptors (Lipinski definition) is 4. The predicted octanol–water partition coefficient (Wildman–Crippen LogP) is 9.76. The lowest BCUT2D eigenvalue weighted by Crippen LogP contribution is -2.21. The Morgan fingerprint density at radius 1 is 0.906 bits per heavy atom. The van der Waals surface area contributed by atoms with Gasteiger partial charge in [0, 0.05) is 27.3 Å². The summed E-state index contributed by atoms with van der Waals surface area (Å²) in [6.45, 7) is 4.56. The van der Waals surface area contributed by atoms with E-state index in [9.17, 15) is 0 Å². The first-order chi connectivity index (χ1) is 15.7. The van der Waals surface area contributed by atoms with Gasteiger partial charge in [0.05, 0.1) is 16.2 Å². The van der Waals surface area contributed by atoms with Crippen LogP contribution < -0.4 is 5.32 Å². The normalized spacial score (nSPS) is 12.2. The summed E-state index contributed by atoms with van der Waals surface area (Å²) in [6.07, 6.45) is 21.8. The Hall–Kier alpha value is -0.780. The van der Waals surface area contributed by atoms with Gasteiger partial charge >= 0.3 is 0 Å². The molecule has 1 N–H and O–H groups in total. The molecule has 0 aliphatic rings. The van der Waals surface area contributed by atoms with Crippen LogP contribution in [0.4, 0.5) is 5.69 Å². The maximum Gasteiger partial charge on any atom is 0.0859 e. The second-order valence-electron chi connectivity index (χ2n) is 8.65. The molecule has 5 heteroatoms. The molecule has 0 amide bonds. The monoisotopic (exact) mass is 490 g/mol. The number of anilines is 1. The van der Waals surface area contributed by atoms with Crippen molar-refractivity contribution in [3.8, 4) is 0 Å². The number of nitrogens with one attached hydrogen (secondary N) is 1. The van der Waals surface area contributed by atoms with E-state index in [0.717, 1.165) is 16.2 Å². The van der Waals surface area contributed by atoms with Crippen molar-refractivity contribution in [2.24, 2.45) is 5.92 Å². The third-order valence-electron chi connectivity index (χ3n) is 6.19. The number of rotatable bonds is 16. The van der Waals surface area contributed by atoms with Crippen LogP contribution in [0.1, 0.15) is 90.9 Å². The van der Waals surface area contributed by atoms with Crippen LogP contribution in [0.3, 0.4) is 0 Å². The molecule has 0 spiro atoms. The zero-order valence-electron chi connectivity index (χ0n) is 20.5. The fraction of sp³-hybridized carbons (Fsp3) is 0.630. The van der Waals surface area contributed by atoms with Crippen molar-refractivity contribution in [2.75, 3.05) is 17.8 Å². The van der Waals surface area contributed by atoms with E-state index >= 15 is 0 Å². The van der Waals surface area contributed by atoms with E-state index in [2.05, 4.69) is 48.8 Å². The molecule has 1 aromatic carbocycles. The van der Waals surface area contributed by atoms with Crippen molar-refractivity contribution in [3.05, 3.63) is 24.4 Å². The van der Waals surface area contributed by atoms with Crippen LogP contribution in [-0.4, -0.2) is 22.5 Å². The Kier molecular flexibility index (Phi) is 13.7. The lowest BCUT2D eigenvalue weighted by atomic mass is 9.94. The Balaban J connectivity index is 2.15. The number of fused-ring (bicyclic) bond motifs is 1. The first-order valence-electron chi connectivity index (χ1n) is 12.5. The Morgan fingerprint density at radius 3 is 2.12 bits per heavy atom. The molecule has 0 bridgehead atoms. The minimum Gasteiger partial charge on any atom is -0.348 e. The van der Waals surface area contributed by atoms with Crippen LogP contribution in [0.5, 0.6) is 0 Å². The van der Waals surface area contributed by atoms with Crippen LogP contribution in [-0.2, 0) is 0 Å². The first-order valence-corrected chi connectivity index (χ1v) is 15.3. The molecule has 1 aromatic heterocycles. The van der Waals surface area contributed by atoms with Crippen molar-refractivity contribution < 1.29 is 0 Å². The third kappa shape index (κ3) is 8.53. The predicted molar refractivity (Wildman–Crippen MR) is 152 cm³/mol. The lowest BCUT2D eigenvalue weighted by Gasteiger charge is -2.22. The van der Waals surface area contributed by atoms with Gasteiger partial charge < -0.3 is 5.32 Å². The van der Waals surface area contributed by atoms with Gasteiger partial charge in [-0.05, 0) is 43.6 Å². The van der Waals surface area contributed by atoms with Gasteiger partial charge in [-0.3, -0.25) is 4.98 Å². The summed E-state index contributed by atoms with van der Waals surface area (Å²) < 4.78 is 0. The number of hydrogen-bond donors (Lipinski definition) is 1. The standard InChI is InChI=1S/C27H42N2S3/c1-5-7-9-11-12-14-17-21(16-13-10-8-6-2)27(30)29-26-22-18-15-19-28-25(22)23(31-3)20-24(26)32-4/h15,18-21H,5-14,16-17H2,1-4H3,(H,29,30). The van der Waals surface area contributed by atoms with Crippen molar-refractivity contribution in [2.45, 2.75) is 101 Å². The number of nitrogens with zero attached hydrogens (tertiary/aromatic N) is 1. The average molecular weight is 491 g/mol. The van der Waals surface area contributed by atoms with E-state index in [4.69, 9.17) is 12.2 Å². The van der Waals surface area contributed by atoms with Crippen LogP contribution in [0.15, 0.2) is 34.2 Å². The summed E-state index contributed by atoms with van der Waals surface area (Å²) in [7, 11) is 0.